The van der Waals surface area contributed by atoms with Gasteiger partial charge in [0.15, 0.2) is 0 Å². The molecule has 1 heterocycles. The summed E-state index contributed by atoms with van der Waals surface area (Å²) in [6.45, 7) is 3.53. The number of anilines is 1. The third kappa shape index (κ3) is 2.29. The minimum Gasteiger partial charge on any atom is -0.396 e. The second kappa shape index (κ2) is 3.57. The van der Waals surface area contributed by atoms with Crippen molar-refractivity contribution in [1.82, 2.24) is 9.78 Å². The number of rotatable bonds is 2. The highest BCUT2D eigenvalue weighted by atomic mass is 16.2. The molecule has 0 bridgehead atoms. The standard InChI is InChI=1S/C8H14N4O/c1-5(9)3-8(13)12-4-7(10)6(2)11-12/h4-5H,3,9-10H2,1-2H3. The van der Waals surface area contributed by atoms with Gasteiger partial charge in [0.1, 0.15) is 0 Å². The molecular formula is C8H14N4O. The monoisotopic (exact) mass is 182 g/mol. The largest absolute Gasteiger partial charge is 0.396 e. The number of nitrogens with zero attached hydrogens (tertiary/aromatic N) is 2. The first-order valence-corrected chi connectivity index (χ1v) is 4.11. The summed E-state index contributed by atoms with van der Waals surface area (Å²) in [5.41, 5.74) is 12.2. The Morgan fingerprint density at radius 3 is 2.77 bits per heavy atom. The Morgan fingerprint density at radius 1 is 1.77 bits per heavy atom. The maximum absolute atomic E-state index is 11.4. The van der Waals surface area contributed by atoms with E-state index in [2.05, 4.69) is 5.10 Å². The van der Waals surface area contributed by atoms with Gasteiger partial charge in [-0.25, -0.2) is 4.68 Å². The van der Waals surface area contributed by atoms with E-state index in [0.717, 1.165) is 0 Å². The predicted molar refractivity (Wildman–Crippen MR) is 50.3 cm³/mol. The molecule has 1 unspecified atom stereocenters. The predicted octanol–water partition coefficient (Wildman–Crippen LogP) is 0.151. The van der Waals surface area contributed by atoms with Crippen LogP contribution in [0.25, 0.3) is 0 Å². The summed E-state index contributed by atoms with van der Waals surface area (Å²) in [6, 6.07) is -0.154. The maximum atomic E-state index is 11.4. The van der Waals surface area contributed by atoms with Gasteiger partial charge >= 0.3 is 0 Å². The van der Waals surface area contributed by atoms with Crippen LogP contribution in [0.15, 0.2) is 6.20 Å². The molecule has 5 heteroatoms. The van der Waals surface area contributed by atoms with Crippen LogP contribution in [0.3, 0.4) is 0 Å². The molecule has 0 aliphatic carbocycles. The zero-order chi connectivity index (χ0) is 10.0. The fourth-order valence-corrected chi connectivity index (χ4v) is 0.970. The van der Waals surface area contributed by atoms with Crippen molar-refractivity contribution in [3.8, 4) is 0 Å². The van der Waals surface area contributed by atoms with Crippen molar-refractivity contribution < 1.29 is 4.79 Å². The molecule has 0 spiro atoms. The number of carbonyl (C=O) groups is 1. The van der Waals surface area contributed by atoms with E-state index in [0.29, 0.717) is 11.4 Å². The van der Waals surface area contributed by atoms with Gasteiger partial charge < -0.3 is 11.5 Å². The number of nitrogen functional groups attached to an aromatic ring is 1. The maximum Gasteiger partial charge on any atom is 0.248 e. The summed E-state index contributed by atoms with van der Waals surface area (Å²) in [5.74, 6) is -0.130. The van der Waals surface area contributed by atoms with Crippen molar-refractivity contribution in [2.45, 2.75) is 26.3 Å². The molecule has 4 N–H and O–H groups in total. The van der Waals surface area contributed by atoms with Crippen LogP contribution in [0.4, 0.5) is 5.69 Å². The van der Waals surface area contributed by atoms with Gasteiger partial charge in [-0.1, -0.05) is 0 Å². The number of aromatic nitrogens is 2. The van der Waals surface area contributed by atoms with Crippen molar-refractivity contribution in [2.24, 2.45) is 5.73 Å². The molecule has 72 valence electrons. The number of nitrogens with two attached hydrogens (primary N) is 2. The molecule has 13 heavy (non-hydrogen) atoms. The van der Waals surface area contributed by atoms with Crippen LogP contribution >= 0.6 is 0 Å². The smallest absolute Gasteiger partial charge is 0.248 e. The number of hydrogen-bond donors (Lipinski definition) is 2. The van der Waals surface area contributed by atoms with E-state index in [1.165, 1.54) is 10.9 Å². The molecule has 0 aliphatic heterocycles. The molecule has 0 saturated heterocycles. The number of carbonyl (C=O) groups excluding carboxylic acids is 1. The van der Waals surface area contributed by atoms with E-state index in [-0.39, 0.29) is 18.4 Å². The van der Waals surface area contributed by atoms with Crippen LogP contribution in [0.5, 0.6) is 0 Å². The summed E-state index contributed by atoms with van der Waals surface area (Å²) in [4.78, 5) is 11.4. The lowest BCUT2D eigenvalue weighted by molar-refractivity contribution is 0.0880. The average molecular weight is 182 g/mol. The highest BCUT2D eigenvalue weighted by molar-refractivity contribution is 5.79. The Bertz CT molecular complexity index is 296. The topological polar surface area (TPSA) is 86.9 Å². The van der Waals surface area contributed by atoms with Gasteiger partial charge in [0.05, 0.1) is 17.6 Å². The second-order valence-electron chi connectivity index (χ2n) is 3.19. The van der Waals surface area contributed by atoms with E-state index in [1.807, 2.05) is 0 Å². The van der Waals surface area contributed by atoms with Gasteiger partial charge in [0.2, 0.25) is 5.91 Å². The summed E-state index contributed by atoms with van der Waals surface area (Å²) in [7, 11) is 0. The van der Waals surface area contributed by atoms with Gasteiger partial charge in [-0.05, 0) is 13.8 Å². The fraction of sp³-hybridized carbons (Fsp3) is 0.500. The van der Waals surface area contributed by atoms with Crippen molar-refractivity contribution in [3.05, 3.63) is 11.9 Å². The molecule has 5 nitrogen and oxygen atoms in total. The Balaban J connectivity index is 2.77. The van der Waals surface area contributed by atoms with Gasteiger partial charge in [-0.3, -0.25) is 4.79 Å². The van der Waals surface area contributed by atoms with Crippen molar-refractivity contribution in [1.29, 1.82) is 0 Å². The summed E-state index contributed by atoms with van der Waals surface area (Å²) in [5, 5.41) is 3.95. The molecular weight excluding hydrogens is 168 g/mol. The molecule has 1 atom stereocenters. The first-order valence-electron chi connectivity index (χ1n) is 4.11. The van der Waals surface area contributed by atoms with E-state index in [1.54, 1.807) is 13.8 Å². The van der Waals surface area contributed by atoms with Crippen LogP contribution in [0, 0.1) is 6.92 Å². The van der Waals surface area contributed by atoms with Gasteiger partial charge in [-0.15, -0.1) is 0 Å². The minimum absolute atomic E-state index is 0.130. The van der Waals surface area contributed by atoms with Crippen LogP contribution in [0.2, 0.25) is 0 Å². The Hall–Kier alpha value is -1.36. The van der Waals surface area contributed by atoms with Gasteiger partial charge in [0.25, 0.3) is 0 Å². The molecule has 1 rings (SSSR count). The second-order valence-corrected chi connectivity index (χ2v) is 3.19. The van der Waals surface area contributed by atoms with Crippen LogP contribution in [-0.4, -0.2) is 21.7 Å². The Kier molecular flexibility index (Phi) is 2.67. The molecule has 1 aromatic rings. The Morgan fingerprint density at radius 2 is 2.38 bits per heavy atom. The molecule has 0 saturated carbocycles. The first kappa shape index (κ1) is 9.73. The molecule has 0 amide bonds. The van der Waals surface area contributed by atoms with E-state index in [4.69, 9.17) is 11.5 Å². The van der Waals surface area contributed by atoms with E-state index in [9.17, 15) is 4.79 Å². The van der Waals surface area contributed by atoms with Crippen molar-refractivity contribution in [2.75, 3.05) is 5.73 Å². The van der Waals surface area contributed by atoms with Gasteiger partial charge in [-0.2, -0.15) is 5.10 Å². The zero-order valence-corrected chi connectivity index (χ0v) is 7.82. The van der Waals surface area contributed by atoms with Gasteiger partial charge in [0, 0.05) is 12.5 Å². The molecule has 0 aliphatic rings. The summed E-state index contributed by atoms with van der Waals surface area (Å²) in [6.07, 6.45) is 1.79. The minimum atomic E-state index is -0.154. The fourth-order valence-electron chi connectivity index (χ4n) is 0.970. The lowest BCUT2D eigenvalue weighted by Gasteiger charge is -2.02. The van der Waals surface area contributed by atoms with E-state index < -0.39 is 0 Å². The lowest BCUT2D eigenvalue weighted by Crippen LogP contribution is -2.23. The molecule has 1 aromatic heterocycles. The van der Waals surface area contributed by atoms with E-state index >= 15 is 0 Å². The summed E-state index contributed by atoms with van der Waals surface area (Å²) < 4.78 is 1.24. The van der Waals surface area contributed by atoms with Crippen LogP contribution in [0.1, 0.15) is 23.8 Å². The SMILES string of the molecule is Cc1nn(C(=O)CC(C)N)cc1N. The van der Waals surface area contributed by atoms with Crippen LogP contribution in [-0.2, 0) is 0 Å². The lowest BCUT2D eigenvalue weighted by atomic mass is 10.2. The highest BCUT2D eigenvalue weighted by Crippen LogP contribution is 2.07. The quantitative estimate of drug-likeness (QED) is 0.681. The molecule has 0 radical (unpaired) electrons. The third-order valence-corrected chi connectivity index (χ3v) is 1.69. The average Bonchev–Trinajstić information content (AvgIpc) is 2.31. The van der Waals surface area contributed by atoms with Crippen molar-refractivity contribution >= 4 is 11.6 Å². The number of hydrogen-bond acceptors (Lipinski definition) is 4. The Labute approximate surface area is 76.7 Å². The molecule has 0 aromatic carbocycles. The van der Waals surface area contributed by atoms with Crippen LogP contribution < -0.4 is 11.5 Å². The molecule has 0 fully saturated rings. The summed E-state index contributed by atoms with van der Waals surface area (Å²) >= 11 is 0. The van der Waals surface area contributed by atoms with Crippen molar-refractivity contribution in [3.63, 3.8) is 0 Å². The normalized spacial score (nSPS) is 12.8. The zero-order valence-electron chi connectivity index (χ0n) is 7.82. The number of aryl methyl sites for hydroxylation is 1. The highest BCUT2D eigenvalue weighted by Gasteiger charge is 2.10. The third-order valence-electron chi connectivity index (χ3n) is 1.69. The first-order chi connectivity index (χ1) is 6.00.